The molecule has 3 unspecified atom stereocenters. The van der Waals surface area contributed by atoms with Crippen molar-refractivity contribution in [1.82, 2.24) is 0 Å². The molecule has 0 aliphatic heterocycles. The molecule has 0 aromatic heterocycles. The summed E-state index contributed by atoms with van der Waals surface area (Å²) in [6, 6.07) is 11.1. The van der Waals surface area contributed by atoms with E-state index in [0.29, 0.717) is 34.9 Å². The van der Waals surface area contributed by atoms with Crippen molar-refractivity contribution in [2.24, 2.45) is 5.92 Å². The van der Waals surface area contributed by atoms with Gasteiger partial charge in [-0.3, -0.25) is 4.79 Å². The van der Waals surface area contributed by atoms with E-state index in [9.17, 15) is 4.79 Å². The van der Waals surface area contributed by atoms with Gasteiger partial charge in [-0.2, -0.15) is 0 Å². The van der Waals surface area contributed by atoms with Crippen LogP contribution in [0.3, 0.4) is 0 Å². The Labute approximate surface area is 171 Å². The van der Waals surface area contributed by atoms with E-state index in [2.05, 4.69) is 0 Å². The fourth-order valence-corrected chi connectivity index (χ4v) is 4.22. The van der Waals surface area contributed by atoms with Crippen LogP contribution in [0.5, 0.6) is 17.2 Å². The van der Waals surface area contributed by atoms with Gasteiger partial charge in [0, 0.05) is 13.0 Å². The standard InChI is InChI=1S/C23H29NO5/c1-26-15-6-8-17(14-5-9-22(29-4)20(24)11-14)18(12-15)23(25)19-13-16(27-2)7-10-21(19)28-3/h5,7,9-11,13,15,17-18H,6,8,12,24H2,1-4H3. The number of ether oxygens (including phenoxy) is 4. The van der Waals surface area contributed by atoms with Gasteiger partial charge in [0.15, 0.2) is 5.78 Å². The number of hydrogen-bond acceptors (Lipinski definition) is 6. The zero-order chi connectivity index (χ0) is 21.0. The minimum atomic E-state index is -0.248. The summed E-state index contributed by atoms with van der Waals surface area (Å²) in [5.41, 5.74) is 8.28. The van der Waals surface area contributed by atoms with Gasteiger partial charge in [0.2, 0.25) is 0 Å². The Hall–Kier alpha value is -2.73. The van der Waals surface area contributed by atoms with Crippen LogP contribution >= 0.6 is 0 Å². The molecule has 0 saturated heterocycles. The van der Waals surface area contributed by atoms with Crippen LogP contribution in [0.2, 0.25) is 0 Å². The molecule has 0 radical (unpaired) electrons. The van der Waals surface area contributed by atoms with E-state index in [1.807, 2.05) is 18.2 Å². The van der Waals surface area contributed by atoms with Crippen LogP contribution in [0.15, 0.2) is 36.4 Å². The number of Topliss-reactive ketones (excluding diaryl/α,β-unsaturated/α-hetero) is 1. The SMILES string of the molecule is COc1ccc(OC)c(C(=O)C2CC(OC)CCC2c2ccc(OC)c(N)c2)c1. The molecule has 1 aliphatic carbocycles. The number of nitrogen functional groups attached to an aromatic ring is 1. The summed E-state index contributed by atoms with van der Waals surface area (Å²) in [4.78, 5) is 13.7. The molecule has 0 bridgehead atoms. The fourth-order valence-electron chi connectivity index (χ4n) is 4.22. The van der Waals surface area contributed by atoms with Gasteiger partial charge in [0.25, 0.3) is 0 Å². The molecule has 1 saturated carbocycles. The minimum Gasteiger partial charge on any atom is -0.497 e. The summed E-state index contributed by atoms with van der Waals surface area (Å²) in [6.07, 6.45) is 2.43. The number of methoxy groups -OCH3 is 4. The predicted molar refractivity (Wildman–Crippen MR) is 112 cm³/mol. The number of anilines is 1. The van der Waals surface area contributed by atoms with E-state index < -0.39 is 0 Å². The zero-order valence-corrected chi connectivity index (χ0v) is 17.4. The summed E-state index contributed by atoms with van der Waals surface area (Å²) >= 11 is 0. The van der Waals surface area contributed by atoms with E-state index in [1.54, 1.807) is 46.6 Å². The highest BCUT2D eigenvalue weighted by Gasteiger charge is 2.38. The monoisotopic (exact) mass is 399 g/mol. The quantitative estimate of drug-likeness (QED) is 0.558. The van der Waals surface area contributed by atoms with Crippen molar-refractivity contribution in [3.63, 3.8) is 0 Å². The van der Waals surface area contributed by atoms with Crippen LogP contribution in [-0.4, -0.2) is 40.3 Å². The topological polar surface area (TPSA) is 80.0 Å². The van der Waals surface area contributed by atoms with Crippen molar-refractivity contribution in [3.05, 3.63) is 47.5 Å². The van der Waals surface area contributed by atoms with E-state index in [1.165, 1.54) is 0 Å². The maximum atomic E-state index is 13.7. The first kappa shape index (κ1) is 21.0. The molecule has 3 rings (SSSR count). The highest BCUT2D eigenvalue weighted by Crippen LogP contribution is 2.43. The lowest BCUT2D eigenvalue weighted by atomic mass is 9.71. The fraction of sp³-hybridized carbons (Fsp3) is 0.435. The van der Waals surface area contributed by atoms with Crippen LogP contribution in [0.4, 0.5) is 5.69 Å². The van der Waals surface area contributed by atoms with E-state index in [0.717, 1.165) is 18.4 Å². The summed E-state index contributed by atoms with van der Waals surface area (Å²) in [6.45, 7) is 0. The molecule has 156 valence electrons. The minimum absolute atomic E-state index is 0.0295. The summed E-state index contributed by atoms with van der Waals surface area (Å²) in [5.74, 6) is 1.63. The van der Waals surface area contributed by atoms with Crippen molar-refractivity contribution >= 4 is 11.5 Å². The highest BCUT2D eigenvalue weighted by atomic mass is 16.5. The molecular formula is C23H29NO5. The Morgan fingerprint density at radius 2 is 1.66 bits per heavy atom. The molecule has 29 heavy (non-hydrogen) atoms. The second-order valence-electron chi connectivity index (χ2n) is 7.32. The van der Waals surface area contributed by atoms with Crippen LogP contribution in [-0.2, 0) is 4.74 Å². The van der Waals surface area contributed by atoms with Gasteiger partial charge < -0.3 is 24.7 Å². The first-order valence-electron chi connectivity index (χ1n) is 9.74. The molecule has 1 aliphatic rings. The smallest absolute Gasteiger partial charge is 0.170 e. The number of benzene rings is 2. The van der Waals surface area contributed by atoms with Gasteiger partial charge in [0.05, 0.1) is 38.7 Å². The van der Waals surface area contributed by atoms with Gasteiger partial charge in [0.1, 0.15) is 17.2 Å². The van der Waals surface area contributed by atoms with Gasteiger partial charge in [-0.25, -0.2) is 0 Å². The summed E-state index contributed by atoms with van der Waals surface area (Å²) in [7, 11) is 6.44. The molecule has 1 fully saturated rings. The first-order valence-corrected chi connectivity index (χ1v) is 9.74. The molecule has 0 amide bonds. The third kappa shape index (κ3) is 4.32. The van der Waals surface area contributed by atoms with Gasteiger partial charge >= 0.3 is 0 Å². The second-order valence-corrected chi connectivity index (χ2v) is 7.32. The lowest BCUT2D eigenvalue weighted by Gasteiger charge is -2.35. The Kier molecular flexibility index (Phi) is 6.64. The van der Waals surface area contributed by atoms with Crippen molar-refractivity contribution in [1.29, 1.82) is 0 Å². The summed E-state index contributed by atoms with van der Waals surface area (Å²) in [5, 5.41) is 0. The maximum absolute atomic E-state index is 13.7. The van der Waals surface area contributed by atoms with Crippen molar-refractivity contribution in [3.8, 4) is 17.2 Å². The molecule has 2 N–H and O–H groups in total. The summed E-state index contributed by atoms with van der Waals surface area (Å²) < 4.78 is 21.7. The van der Waals surface area contributed by atoms with Gasteiger partial charge in [-0.05, 0) is 61.1 Å². The molecule has 0 spiro atoms. The number of carbonyl (C=O) groups excluding carboxylic acids is 1. The highest BCUT2D eigenvalue weighted by molar-refractivity contribution is 6.01. The molecule has 0 heterocycles. The average molecular weight is 399 g/mol. The normalized spacial score (nSPS) is 21.4. The van der Waals surface area contributed by atoms with Crippen molar-refractivity contribution in [2.45, 2.75) is 31.3 Å². The third-order valence-corrected chi connectivity index (χ3v) is 5.83. The van der Waals surface area contributed by atoms with Crippen LogP contribution in [0.25, 0.3) is 0 Å². The first-order chi connectivity index (χ1) is 14.0. The molecule has 2 aromatic carbocycles. The number of hydrogen-bond donors (Lipinski definition) is 1. The molecular weight excluding hydrogens is 370 g/mol. The van der Waals surface area contributed by atoms with Crippen LogP contribution in [0.1, 0.15) is 41.1 Å². The number of carbonyl (C=O) groups is 1. The van der Waals surface area contributed by atoms with E-state index >= 15 is 0 Å². The average Bonchev–Trinajstić information content (AvgIpc) is 2.77. The van der Waals surface area contributed by atoms with Gasteiger partial charge in [-0.1, -0.05) is 6.07 Å². The lowest BCUT2D eigenvalue weighted by molar-refractivity contribution is 0.0388. The molecule has 3 atom stereocenters. The lowest BCUT2D eigenvalue weighted by Crippen LogP contribution is -2.33. The Bertz CT molecular complexity index is 866. The van der Waals surface area contributed by atoms with Gasteiger partial charge in [-0.15, -0.1) is 0 Å². The predicted octanol–water partition coefficient (Wildman–Crippen LogP) is 4.08. The Morgan fingerprint density at radius 1 is 0.931 bits per heavy atom. The second kappa shape index (κ2) is 9.18. The van der Waals surface area contributed by atoms with E-state index in [4.69, 9.17) is 24.7 Å². The molecule has 6 heteroatoms. The number of rotatable bonds is 7. The van der Waals surface area contributed by atoms with Crippen LogP contribution < -0.4 is 19.9 Å². The Morgan fingerprint density at radius 3 is 2.28 bits per heavy atom. The maximum Gasteiger partial charge on any atom is 0.170 e. The number of ketones is 1. The largest absolute Gasteiger partial charge is 0.497 e. The van der Waals surface area contributed by atoms with Crippen molar-refractivity contribution in [2.75, 3.05) is 34.2 Å². The molecule has 2 aromatic rings. The van der Waals surface area contributed by atoms with Crippen LogP contribution in [0, 0.1) is 5.92 Å². The zero-order valence-electron chi connectivity index (χ0n) is 17.4. The van der Waals surface area contributed by atoms with Crippen molar-refractivity contribution < 1.29 is 23.7 Å². The van der Waals surface area contributed by atoms with E-state index in [-0.39, 0.29) is 23.7 Å². The Balaban J connectivity index is 2.00. The number of nitrogens with two attached hydrogens (primary N) is 1. The molecule has 6 nitrogen and oxygen atoms in total. The third-order valence-electron chi connectivity index (χ3n) is 5.83.